The fourth-order valence-electron chi connectivity index (χ4n) is 4.73. The number of anilines is 3. The quantitative estimate of drug-likeness (QED) is 0.253. The fourth-order valence-corrected chi connectivity index (χ4v) is 4.73. The van der Waals surface area contributed by atoms with Gasteiger partial charge in [-0.3, -0.25) is 4.99 Å². The summed E-state index contributed by atoms with van der Waals surface area (Å²) < 4.78 is 0. The first-order valence-corrected chi connectivity index (χ1v) is 12.0. The van der Waals surface area contributed by atoms with Gasteiger partial charge in [-0.2, -0.15) is 0 Å². The van der Waals surface area contributed by atoms with E-state index < -0.39 is 0 Å². The van der Waals surface area contributed by atoms with Gasteiger partial charge < -0.3 is 4.90 Å². The molecule has 168 valence electrons. The van der Waals surface area contributed by atoms with Crippen molar-refractivity contribution in [1.29, 1.82) is 0 Å². The molecule has 5 aromatic rings. The number of nitrogens with zero attached hydrogens (tertiary/aromatic N) is 2. The third-order valence-electron chi connectivity index (χ3n) is 6.49. The number of hydrogen-bond acceptors (Lipinski definition) is 2. The molecule has 1 aliphatic heterocycles. The molecule has 0 aliphatic carbocycles. The van der Waals surface area contributed by atoms with Crippen LogP contribution in [0.1, 0.15) is 22.7 Å². The van der Waals surface area contributed by atoms with Gasteiger partial charge in [0.05, 0.1) is 5.71 Å². The summed E-state index contributed by atoms with van der Waals surface area (Å²) in [6.45, 7) is 2.13. The van der Waals surface area contributed by atoms with Crippen LogP contribution >= 0.6 is 0 Å². The molecular weight excluding hydrogens is 424 g/mol. The average Bonchev–Trinajstić information content (AvgIpc) is 3.72. The highest BCUT2D eigenvalue weighted by Crippen LogP contribution is 2.40. The lowest BCUT2D eigenvalue weighted by Gasteiger charge is -2.26. The maximum Gasteiger partial charge on any atom is 0.118 e. The first-order chi connectivity index (χ1) is 17.3. The van der Waals surface area contributed by atoms with E-state index in [-0.39, 0.29) is 6.04 Å². The largest absolute Gasteiger partial charge is 0.310 e. The van der Waals surface area contributed by atoms with Crippen molar-refractivity contribution in [3.63, 3.8) is 0 Å². The lowest BCUT2D eigenvalue weighted by molar-refractivity contribution is 1.13. The van der Waals surface area contributed by atoms with E-state index in [4.69, 9.17) is 4.99 Å². The highest BCUT2D eigenvalue weighted by molar-refractivity contribution is 6.17. The van der Waals surface area contributed by atoms with Gasteiger partial charge in [-0.15, -0.1) is 0 Å². The van der Waals surface area contributed by atoms with Crippen molar-refractivity contribution in [2.75, 3.05) is 4.90 Å². The summed E-state index contributed by atoms with van der Waals surface area (Å²) in [4.78, 5) is 7.13. The van der Waals surface area contributed by atoms with Gasteiger partial charge in [0.25, 0.3) is 0 Å². The maximum absolute atomic E-state index is 4.82. The molecule has 0 bridgehead atoms. The normalized spacial score (nSPS) is 14.3. The average molecular weight is 451 g/mol. The van der Waals surface area contributed by atoms with Crippen LogP contribution < -0.4 is 4.90 Å². The van der Waals surface area contributed by atoms with Gasteiger partial charge in [0, 0.05) is 22.6 Å². The molecule has 0 fully saturated rings. The molecule has 0 radical (unpaired) electrons. The minimum atomic E-state index is 0.173. The number of para-hydroxylation sites is 1. The van der Waals surface area contributed by atoms with Crippen molar-refractivity contribution < 1.29 is 0 Å². The van der Waals surface area contributed by atoms with E-state index in [0.29, 0.717) is 0 Å². The fraction of sp³-hybridized carbons (Fsp3) is 0.0606. The van der Waals surface area contributed by atoms with Crippen LogP contribution in [-0.4, -0.2) is 5.71 Å². The zero-order valence-corrected chi connectivity index (χ0v) is 19.7. The molecule has 1 heterocycles. The summed E-state index contributed by atoms with van der Waals surface area (Å²) in [5.41, 5.74) is 10.7. The van der Waals surface area contributed by atoms with Crippen LogP contribution in [0, 0.1) is 6.92 Å². The van der Waals surface area contributed by atoms with Crippen LogP contribution in [-0.2, 0) is 0 Å². The van der Waals surface area contributed by atoms with Crippen molar-refractivity contribution in [3.8, 4) is 11.1 Å². The van der Waals surface area contributed by atoms with Crippen molar-refractivity contribution in [3.05, 3.63) is 150 Å². The monoisotopic (exact) mass is 450 g/mol. The number of aryl methyl sites for hydroxylation is 1. The predicted molar refractivity (Wildman–Crippen MR) is 147 cm³/mol. The van der Waals surface area contributed by atoms with E-state index in [1.165, 1.54) is 33.5 Å². The first-order valence-electron chi connectivity index (χ1n) is 12.0. The second-order valence-corrected chi connectivity index (χ2v) is 8.93. The Labute approximate surface area is 206 Å². The van der Waals surface area contributed by atoms with E-state index in [0.717, 1.165) is 17.1 Å². The molecule has 0 aromatic heterocycles. The molecule has 1 atom stereocenters. The van der Waals surface area contributed by atoms with Gasteiger partial charge >= 0.3 is 0 Å². The maximum atomic E-state index is 4.82. The second kappa shape index (κ2) is 9.08. The Morgan fingerprint density at radius 2 is 1.14 bits per heavy atom. The predicted octanol–water partition coefficient (Wildman–Crippen LogP) is 8.68. The van der Waals surface area contributed by atoms with E-state index in [9.17, 15) is 0 Å². The standard InChI is InChI=1S/C33H26N2/c1-24-11-10-16-29(23-24)35(27-14-6-3-7-15-27)28-21-19-25(20-22-28)30-17-8-9-18-31(30)33-32(34-33)26-12-4-2-5-13-26/h2-23,32H,1H3. The molecule has 0 saturated carbocycles. The topological polar surface area (TPSA) is 15.6 Å². The molecule has 5 aromatic carbocycles. The molecular formula is C33H26N2. The minimum absolute atomic E-state index is 0.173. The summed E-state index contributed by atoms with van der Waals surface area (Å²) in [7, 11) is 0. The van der Waals surface area contributed by atoms with E-state index >= 15 is 0 Å². The minimum Gasteiger partial charge on any atom is -0.310 e. The zero-order chi connectivity index (χ0) is 23.6. The number of hydrogen-bond donors (Lipinski definition) is 0. The molecule has 0 saturated heterocycles. The summed E-state index contributed by atoms with van der Waals surface area (Å²) in [5, 5.41) is 0. The van der Waals surface area contributed by atoms with Crippen LogP contribution in [0.25, 0.3) is 11.1 Å². The zero-order valence-electron chi connectivity index (χ0n) is 19.7. The van der Waals surface area contributed by atoms with Crippen LogP contribution in [0.2, 0.25) is 0 Å². The lowest BCUT2D eigenvalue weighted by atomic mass is 9.95. The Kier molecular flexibility index (Phi) is 5.48. The molecule has 1 unspecified atom stereocenters. The van der Waals surface area contributed by atoms with Crippen LogP contribution in [0.3, 0.4) is 0 Å². The van der Waals surface area contributed by atoms with Gasteiger partial charge in [-0.05, 0) is 65.6 Å². The first kappa shape index (κ1) is 21.1. The Hall–Kier alpha value is -4.43. The second-order valence-electron chi connectivity index (χ2n) is 8.93. The number of rotatable bonds is 6. The highest BCUT2D eigenvalue weighted by Gasteiger charge is 2.32. The van der Waals surface area contributed by atoms with Gasteiger partial charge in [0.1, 0.15) is 6.04 Å². The summed E-state index contributed by atoms with van der Waals surface area (Å²) in [6, 6.07) is 47.3. The van der Waals surface area contributed by atoms with Crippen LogP contribution in [0.15, 0.2) is 138 Å². The molecule has 0 N–H and O–H groups in total. The van der Waals surface area contributed by atoms with Crippen molar-refractivity contribution in [1.82, 2.24) is 0 Å². The number of aliphatic imine (C=N–C) groups is 1. The SMILES string of the molecule is Cc1cccc(N(c2ccccc2)c2ccc(-c3ccccc3C3=NC3c3ccccc3)cc2)c1. The Bertz CT molecular complexity index is 1490. The molecule has 35 heavy (non-hydrogen) atoms. The summed E-state index contributed by atoms with van der Waals surface area (Å²) in [6.07, 6.45) is 0. The van der Waals surface area contributed by atoms with E-state index in [1.54, 1.807) is 0 Å². The van der Waals surface area contributed by atoms with Gasteiger partial charge in [-0.25, -0.2) is 0 Å². The van der Waals surface area contributed by atoms with Crippen LogP contribution in [0.4, 0.5) is 17.1 Å². The van der Waals surface area contributed by atoms with Crippen LogP contribution in [0.5, 0.6) is 0 Å². The van der Waals surface area contributed by atoms with Crippen molar-refractivity contribution in [2.45, 2.75) is 13.0 Å². The Balaban J connectivity index is 1.34. The molecule has 6 rings (SSSR count). The van der Waals surface area contributed by atoms with E-state index in [2.05, 4.69) is 145 Å². The molecule has 2 nitrogen and oxygen atoms in total. The number of benzene rings is 5. The lowest BCUT2D eigenvalue weighted by Crippen LogP contribution is -2.09. The molecule has 0 spiro atoms. The molecule has 1 aliphatic rings. The van der Waals surface area contributed by atoms with Gasteiger partial charge in [0.2, 0.25) is 0 Å². The Morgan fingerprint density at radius 1 is 0.543 bits per heavy atom. The van der Waals surface area contributed by atoms with E-state index in [1.807, 2.05) is 0 Å². The van der Waals surface area contributed by atoms with Crippen molar-refractivity contribution in [2.24, 2.45) is 4.99 Å². The Morgan fingerprint density at radius 3 is 1.86 bits per heavy atom. The third kappa shape index (κ3) is 4.27. The molecule has 0 amide bonds. The van der Waals surface area contributed by atoms with Gasteiger partial charge in [0.15, 0.2) is 0 Å². The van der Waals surface area contributed by atoms with Crippen molar-refractivity contribution >= 4 is 22.8 Å². The highest BCUT2D eigenvalue weighted by atomic mass is 15.1. The van der Waals surface area contributed by atoms with Gasteiger partial charge in [-0.1, -0.05) is 97.1 Å². The third-order valence-corrected chi connectivity index (χ3v) is 6.49. The summed E-state index contributed by atoms with van der Waals surface area (Å²) >= 11 is 0. The smallest absolute Gasteiger partial charge is 0.118 e. The summed E-state index contributed by atoms with van der Waals surface area (Å²) in [5.74, 6) is 0. The molecule has 2 heteroatoms.